The van der Waals surface area contributed by atoms with E-state index in [2.05, 4.69) is 4.72 Å². The van der Waals surface area contributed by atoms with Gasteiger partial charge in [0.15, 0.2) is 0 Å². The van der Waals surface area contributed by atoms with Crippen molar-refractivity contribution in [1.82, 2.24) is 4.72 Å². The summed E-state index contributed by atoms with van der Waals surface area (Å²) in [7, 11) is -1.28. The number of ether oxygens (including phenoxy) is 1. The van der Waals surface area contributed by atoms with E-state index in [0.29, 0.717) is 23.8 Å². The topological polar surface area (TPSA) is 75.6 Å². The molecule has 5 nitrogen and oxygen atoms in total. The van der Waals surface area contributed by atoms with Crippen molar-refractivity contribution in [3.63, 3.8) is 0 Å². The van der Waals surface area contributed by atoms with Crippen molar-refractivity contribution in [2.45, 2.75) is 31.1 Å². The number of benzene rings is 1. The van der Waals surface area contributed by atoms with Gasteiger partial charge in [-0.1, -0.05) is 17.7 Å². The zero-order valence-corrected chi connectivity index (χ0v) is 13.7. The second-order valence-corrected chi connectivity index (χ2v) is 8.43. The number of hydrogen-bond acceptors (Lipinski definition) is 3. The number of carboxylic acids is 1. The van der Waals surface area contributed by atoms with Crippen molar-refractivity contribution in [3.8, 4) is 0 Å². The van der Waals surface area contributed by atoms with Gasteiger partial charge in [0, 0.05) is 5.02 Å². The van der Waals surface area contributed by atoms with E-state index in [-0.39, 0.29) is 5.56 Å². The number of rotatable bonds is 4. The van der Waals surface area contributed by atoms with Crippen LogP contribution >= 0.6 is 11.6 Å². The van der Waals surface area contributed by atoms with E-state index in [0.717, 1.165) is 0 Å². The first-order chi connectivity index (χ1) is 9.66. The first-order valence-corrected chi connectivity index (χ1v) is 7.99. The second-order valence-electron chi connectivity index (χ2n) is 6.06. The molecule has 0 aliphatic carbocycles. The van der Waals surface area contributed by atoms with Gasteiger partial charge in [-0.3, -0.25) is 0 Å². The molecule has 7 heteroatoms. The Morgan fingerprint density at radius 1 is 1.43 bits per heavy atom. The quantitative estimate of drug-likeness (QED) is 0.887. The first-order valence-electron chi connectivity index (χ1n) is 6.46. The van der Waals surface area contributed by atoms with E-state index >= 15 is 0 Å². The first kappa shape index (κ1) is 16.4. The minimum absolute atomic E-state index is 0.121. The lowest BCUT2D eigenvalue weighted by molar-refractivity contribution is -0.0659. The maximum Gasteiger partial charge on any atom is 0.335 e. The molecule has 0 spiro atoms. The van der Waals surface area contributed by atoms with Crippen molar-refractivity contribution in [2.24, 2.45) is 0 Å². The van der Waals surface area contributed by atoms with Crippen LogP contribution in [0, 0.1) is 0 Å². The van der Waals surface area contributed by atoms with E-state index in [1.165, 1.54) is 12.1 Å². The zero-order chi connectivity index (χ0) is 15.8. The lowest BCUT2D eigenvalue weighted by Gasteiger charge is -2.43. The fourth-order valence-corrected chi connectivity index (χ4v) is 3.19. The third-order valence-electron chi connectivity index (χ3n) is 3.27. The highest BCUT2D eigenvalue weighted by Gasteiger charge is 2.44. The van der Waals surface area contributed by atoms with Crippen LogP contribution in [0.3, 0.4) is 0 Å². The van der Waals surface area contributed by atoms with Crippen molar-refractivity contribution < 1.29 is 18.8 Å². The standard InChI is InChI=1S/C14H18ClNO4S/c1-13(2,3)21(19)16-14(7-20-8-14)10-5-4-9(12(17)18)6-11(10)15/h4-6,16H,7-8H2,1-3H3,(H,17,18). The Kier molecular flexibility index (Phi) is 4.44. The molecule has 1 aromatic rings. The van der Waals surface area contributed by atoms with Gasteiger partial charge >= 0.3 is 5.97 Å². The summed E-state index contributed by atoms with van der Waals surface area (Å²) in [5.41, 5.74) is 0.195. The molecule has 1 aliphatic rings. The molecular formula is C14H18ClNO4S. The van der Waals surface area contributed by atoms with Crippen molar-refractivity contribution >= 4 is 28.6 Å². The summed E-state index contributed by atoms with van der Waals surface area (Å²) in [6.45, 7) is 6.32. The van der Waals surface area contributed by atoms with Crippen LogP contribution in [-0.2, 0) is 21.3 Å². The minimum Gasteiger partial charge on any atom is -0.478 e. The van der Waals surface area contributed by atoms with Crippen molar-refractivity contribution in [2.75, 3.05) is 13.2 Å². The van der Waals surface area contributed by atoms with Crippen LogP contribution in [0.4, 0.5) is 0 Å². The van der Waals surface area contributed by atoms with Crippen LogP contribution in [0.2, 0.25) is 5.02 Å². The number of hydrogen-bond donors (Lipinski definition) is 2. The third kappa shape index (κ3) is 3.29. The fraction of sp³-hybridized carbons (Fsp3) is 0.500. The predicted molar refractivity (Wildman–Crippen MR) is 81.9 cm³/mol. The molecule has 116 valence electrons. The zero-order valence-electron chi connectivity index (χ0n) is 12.1. The number of halogens is 1. The smallest absolute Gasteiger partial charge is 0.335 e. The Bertz CT molecular complexity index is 593. The third-order valence-corrected chi connectivity index (χ3v) is 5.27. The largest absolute Gasteiger partial charge is 0.478 e. The molecule has 0 amide bonds. The van der Waals surface area contributed by atoms with E-state index in [9.17, 15) is 9.00 Å². The summed E-state index contributed by atoms with van der Waals surface area (Å²) in [5, 5.41) is 9.31. The van der Waals surface area contributed by atoms with Crippen LogP contribution in [0.25, 0.3) is 0 Å². The van der Waals surface area contributed by atoms with Crippen molar-refractivity contribution in [1.29, 1.82) is 0 Å². The van der Waals surface area contributed by atoms with Gasteiger partial charge in [0.1, 0.15) is 5.54 Å². The van der Waals surface area contributed by atoms with E-state index < -0.39 is 27.2 Å². The molecule has 1 atom stereocenters. The number of carbonyl (C=O) groups is 1. The SMILES string of the molecule is CC(C)(C)S(=O)NC1(c2ccc(C(=O)O)cc2Cl)COC1. The second kappa shape index (κ2) is 5.68. The molecule has 1 aromatic carbocycles. The van der Waals surface area contributed by atoms with Crippen molar-refractivity contribution in [3.05, 3.63) is 34.3 Å². The van der Waals surface area contributed by atoms with Gasteiger partial charge in [-0.25, -0.2) is 13.7 Å². The maximum absolute atomic E-state index is 12.3. The van der Waals surface area contributed by atoms with Gasteiger partial charge in [-0.15, -0.1) is 0 Å². The normalized spacial score (nSPS) is 18.9. The van der Waals surface area contributed by atoms with Gasteiger partial charge in [0.25, 0.3) is 0 Å². The number of aromatic carboxylic acids is 1. The summed E-state index contributed by atoms with van der Waals surface area (Å²) >= 11 is 6.21. The molecular weight excluding hydrogens is 314 g/mol. The Morgan fingerprint density at radius 2 is 2.05 bits per heavy atom. The Hall–Kier alpha value is -0.950. The summed E-state index contributed by atoms with van der Waals surface area (Å²) in [5.74, 6) is -1.03. The molecule has 2 N–H and O–H groups in total. The van der Waals surface area contributed by atoms with Gasteiger partial charge < -0.3 is 9.84 Å². The molecule has 1 saturated heterocycles. The Labute approximate surface area is 131 Å². The maximum atomic E-state index is 12.3. The van der Waals surface area contributed by atoms with E-state index in [1.807, 2.05) is 20.8 Å². The predicted octanol–water partition coefficient (Wildman–Crippen LogP) is 2.32. The Balaban J connectivity index is 2.33. The average Bonchev–Trinajstić information content (AvgIpc) is 2.32. The van der Waals surface area contributed by atoms with Crippen LogP contribution in [0.5, 0.6) is 0 Å². The minimum atomic E-state index is -1.28. The monoisotopic (exact) mass is 331 g/mol. The Morgan fingerprint density at radius 3 is 2.43 bits per heavy atom. The highest BCUT2D eigenvalue weighted by molar-refractivity contribution is 7.84. The van der Waals surface area contributed by atoms with E-state index in [4.69, 9.17) is 21.4 Å². The molecule has 1 fully saturated rings. The molecule has 0 aromatic heterocycles. The van der Waals surface area contributed by atoms with Gasteiger partial charge in [-0.05, 0) is 38.5 Å². The molecule has 0 radical (unpaired) electrons. The van der Waals surface area contributed by atoms with Crippen LogP contribution in [0.1, 0.15) is 36.7 Å². The molecule has 1 unspecified atom stereocenters. The average molecular weight is 332 g/mol. The molecule has 1 heterocycles. The van der Waals surface area contributed by atoms with Gasteiger partial charge in [0.05, 0.1) is 34.5 Å². The van der Waals surface area contributed by atoms with Gasteiger partial charge in [0.2, 0.25) is 0 Å². The molecule has 2 rings (SSSR count). The summed E-state index contributed by atoms with van der Waals surface area (Å²) in [6.07, 6.45) is 0. The molecule has 1 aliphatic heterocycles. The molecule has 0 bridgehead atoms. The fourth-order valence-electron chi connectivity index (χ4n) is 1.94. The molecule has 21 heavy (non-hydrogen) atoms. The summed E-state index contributed by atoms with van der Waals surface area (Å²) in [6, 6.07) is 4.55. The summed E-state index contributed by atoms with van der Waals surface area (Å²) in [4.78, 5) is 11.0. The lowest BCUT2D eigenvalue weighted by atomic mass is 9.88. The number of nitrogens with one attached hydrogen (secondary N) is 1. The van der Waals surface area contributed by atoms with Crippen LogP contribution in [-0.4, -0.2) is 33.2 Å². The molecule has 0 saturated carbocycles. The van der Waals surface area contributed by atoms with Crippen LogP contribution < -0.4 is 4.72 Å². The van der Waals surface area contributed by atoms with E-state index in [1.54, 1.807) is 6.07 Å². The van der Waals surface area contributed by atoms with Gasteiger partial charge in [-0.2, -0.15) is 0 Å². The lowest BCUT2D eigenvalue weighted by Crippen LogP contribution is -2.60. The van der Waals surface area contributed by atoms with Crippen LogP contribution in [0.15, 0.2) is 18.2 Å². The highest BCUT2D eigenvalue weighted by atomic mass is 35.5. The number of carboxylic acid groups (broad SMARTS) is 1. The summed E-state index contributed by atoms with van der Waals surface area (Å²) < 4.78 is 20.3. The highest BCUT2D eigenvalue weighted by Crippen LogP contribution is 2.36.